The van der Waals surface area contributed by atoms with Crippen LogP contribution in [0.15, 0.2) is 42.5 Å². The standard InChI is InChI=1S/C13H8F4O/c14-10-6-3-7-11(18)12(10)8-4-1-2-5-9(8)13(15,16)17/h1-7,18H. The number of phenolic OH excluding ortho intramolecular Hbond substituents is 1. The fourth-order valence-corrected chi connectivity index (χ4v) is 1.73. The predicted molar refractivity (Wildman–Crippen MR) is 58.5 cm³/mol. The van der Waals surface area contributed by atoms with Crippen LogP contribution in [0.25, 0.3) is 11.1 Å². The van der Waals surface area contributed by atoms with E-state index in [9.17, 15) is 22.7 Å². The molecule has 0 heterocycles. The third-order valence-electron chi connectivity index (χ3n) is 2.49. The lowest BCUT2D eigenvalue weighted by Gasteiger charge is -2.14. The highest BCUT2D eigenvalue weighted by Gasteiger charge is 2.34. The first-order chi connectivity index (χ1) is 8.41. The molecule has 18 heavy (non-hydrogen) atoms. The molecule has 0 aliphatic carbocycles. The summed E-state index contributed by atoms with van der Waals surface area (Å²) in [4.78, 5) is 0. The van der Waals surface area contributed by atoms with Gasteiger partial charge in [-0.25, -0.2) is 4.39 Å². The van der Waals surface area contributed by atoms with E-state index in [0.29, 0.717) is 0 Å². The van der Waals surface area contributed by atoms with Crippen molar-refractivity contribution in [3.8, 4) is 16.9 Å². The second kappa shape index (κ2) is 4.33. The Hall–Kier alpha value is -2.04. The topological polar surface area (TPSA) is 20.2 Å². The zero-order valence-corrected chi connectivity index (χ0v) is 9.00. The van der Waals surface area contributed by atoms with Crippen LogP contribution in [0, 0.1) is 5.82 Å². The fourth-order valence-electron chi connectivity index (χ4n) is 1.73. The lowest BCUT2D eigenvalue weighted by molar-refractivity contribution is -0.137. The summed E-state index contributed by atoms with van der Waals surface area (Å²) in [5.41, 5.74) is -1.79. The average Bonchev–Trinajstić information content (AvgIpc) is 2.28. The normalized spacial score (nSPS) is 11.6. The molecular weight excluding hydrogens is 248 g/mol. The number of phenols is 1. The maximum atomic E-state index is 13.6. The Balaban J connectivity index is 2.73. The number of aromatic hydroxyl groups is 1. The average molecular weight is 256 g/mol. The SMILES string of the molecule is Oc1cccc(F)c1-c1ccccc1C(F)(F)F. The van der Waals surface area contributed by atoms with Crippen molar-refractivity contribution < 1.29 is 22.7 Å². The number of halogens is 4. The van der Waals surface area contributed by atoms with Crippen molar-refractivity contribution in [2.45, 2.75) is 6.18 Å². The Morgan fingerprint density at radius 3 is 2.17 bits per heavy atom. The fraction of sp³-hybridized carbons (Fsp3) is 0.0769. The van der Waals surface area contributed by atoms with Crippen LogP contribution >= 0.6 is 0 Å². The number of hydrogen-bond donors (Lipinski definition) is 1. The van der Waals surface area contributed by atoms with Gasteiger partial charge in [0.05, 0.1) is 11.1 Å². The minimum Gasteiger partial charge on any atom is -0.507 e. The quantitative estimate of drug-likeness (QED) is 0.757. The van der Waals surface area contributed by atoms with Gasteiger partial charge in [-0.05, 0) is 18.2 Å². The van der Waals surface area contributed by atoms with Gasteiger partial charge in [-0.1, -0.05) is 24.3 Å². The summed E-state index contributed by atoms with van der Waals surface area (Å²) >= 11 is 0. The summed E-state index contributed by atoms with van der Waals surface area (Å²) in [6, 6.07) is 7.92. The van der Waals surface area contributed by atoms with Crippen LogP contribution < -0.4 is 0 Å². The molecule has 0 amide bonds. The molecule has 94 valence electrons. The van der Waals surface area contributed by atoms with Crippen molar-refractivity contribution in [3.63, 3.8) is 0 Å². The van der Waals surface area contributed by atoms with Crippen LogP contribution in [-0.4, -0.2) is 5.11 Å². The van der Waals surface area contributed by atoms with Gasteiger partial charge in [0.1, 0.15) is 11.6 Å². The Labute approximate surface area is 100 Å². The van der Waals surface area contributed by atoms with Crippen molar-refractivity contribution in [1.82, 2.24) is 0 Å². The van der Waals surface area contributed by atoms with E-state index in [1.807, 2.05) is 0 Å². The molecule has 5 heteroatoms. The molecule has 0 aliphatic rings. The van der Waals surface area contributed by atoms with Crippen molar-refractivity contribution in [1.29, 1.82) is 0 Å². The van der Waals surface area contributed by atoms with Crippen LogP contribution in [0.1, 0.15) is 5.56 Å². The largest absolute Gasteiger partial charge is 0.507 e. The monoisotopic (exact) mass is 256 g/mol. The molecule has 0 saturated carbocycles. The summed E-state index contributed by atoms with van der Waals surface area (Å²) < 4.78 is 52.0. The number of hydrogen-bond acceptors (Lipinski definition) is 1. The molecule has 0 atom stereocenters. The molecule has 0 bridgehead atoms. The summed E-state index contributed by atoms with van der Waals surface area (Å²) in [7, 11) is 0. The Bertz CT molecular complexity index is 555. The highest BCUT2D eigenvalue weighted by molar-refractivity contribution is 5.74. The molecule has 0 aliphatic heterocycles. The van der Waals surface area contributed by atoms with E-state index in [0.717, 1.165) is 24.3 Å². The van der Waals surface area contributed by atoms with Crippen LogP contribution in [0.5, 0.6) is 5.75 Å². The van der Waals surface area contributed by atoms with Gasteiger partial charge in [0, 0.05) is 5.56 Å². The van der Waals surface area contributed by atoms with Crippen LogP contribution in [0.4, 0.5) is 17.6 Å². The molecule has 0 aromatic heterocycles. The third-order valence-corrected chi connectivity index (χ3v) is 2.49. The number of alkyl halides is 3. The Kier molecular flexibility index (Phi) is 2.98. The molecule has 2 aromatic rings. The zero-order chi connectivity index (χ0) is 13.3. The van der Waals surface area contributed by atoms with E-state index in [1.165, 1.54) is 18.2 Å². The van der Waals surface area contributed by atoms with Crippen LogP contribution in [-0.2, 0) is 6.18 Å². The van der Waals surface area contributed by atoms with Gasteiger partial charge in [-0.2, -0.15) is 13.2 Å². The van der Waals surface area contributed by atoms with E-state index in [4.69, 9.17) is 0 Å². The first-order valence-corrected chi connectivity index (χ1v) is 5.05. The van der Waals surface area contributed by atoms with Crippen LogP contribution in [0.2, 0.25) is 0 Å². The zero-order valence-electron chi connectivity index (χ0n) is 9.00. The maximum absolute atomic E-state index is 13.6. The molecule has 2 aromatic carbocycles. The molecular formula is C13H8F4O. The molecule has 0 spiro atoms. The van der Waals surface area contributed by atoms with E-state index in [1.54, 1.807) is 0 Å². The highest BCUT2D eigenvalue weighted by atomic mass is 19.4. The first-order valence-electron chi connectivity index (χ1n) is 5.05. The van der Waals surface area contributed by atoms with Gasteiger partial charge in [0.15, 0.2) is 0 Å². The van der Waals surface area contributed by atoms with Crippen molar-refractivity contribution in [2.75, 3.05) is 0 Å². The minimum absolute atomic E-state index is 0.374. The predicted octanol–water partition coefficient (Wildman–Crippen LogP) is 4.22. The number of benzene rings is 2. The second-order valence-corrected chi connectivity index (χ2v) is 3.68. The Morgan fingerprint density at radius 2 is 1.56 bits per heavy atom. The second-order valence-electron chi connectivity index (χ2n) is 3.68. The molecule has 1 nitrogen and oxygen atoms in total. The smallest absolute Gasteiger partial charge is 0.417 e. The summed E-state index contributed by atoms with van der Waals surface area (Å²) in [6.45, 7) is 0. The van der Waals surface area contributed by atoms with Crippen molar-refractivity contribution in [2.24, 2.45) is 0 Å². The van der Waals surface area contributed by atoms with E-state index < -0.39 is 28.9 Å². The lowest BCUT2D eigenvalue weighted by atomic mass is 9.98. The third kappa shape index (κ3) is 2.16. The van der Waals surface area contributed by atoms with Crippen molar-refractivity contribution >= 4 is 0 Å². The van der Waals surface area contributed by atoms with Gasteiger partial charge < -0.3 is 5.11 Å². The van der Waals surface area contributed by atoms with E-state index >= 15 is 0 Å². The molecule has 0 unspecified atom stereocenters. The van der Waals surface area contributed by atoms with Gasteiger partial charge in [0.2, 0.25) is 0 Å². The van der Waals surface area contributed by atoms with Gasteiger partial charge in [-0.15, -0.1) is 0 Å². The van der Waals surface area contributed by atoms with E-state index in [-0.39, 0.29) is 5.56 Å². The molecule has 0 saturated heterocycles. The highest BCUT2D eigenvalue weighted by Crippen LogP contribution is 2.40. The first kappa shape index (κ1) is 12.4. The lowest BCUT2D eigenvalue weighted by Crippen LogP contribution is -2.07. The van der Waals surface area contributed by atoms with Gasteiger partial charge in [0.25, 0.3) is 0 Å². The van der Waals surface area contributed by atoms with Crippen LogP contribution in [0.3, 0.4) is 0 Å². The minimum atomic E-state index is -4.61. The summed E-state index contributed by atoms with van der Waals surface area (Å²) in [5, 5.41) is 9.53. The van der Waals surface area contributed by atoms with E-state index in [2.05, 4.69) is 0 Å². The Morgan fingerprint density at radius 1 is 0.889 bits per heavy atom. The molecule has 0 radical (unpaired) electrons. The molecule has 0 fully saturated rings. The maximum Gasteiger partial charge on any atom is 0.417 e. The van der Waals surface area contributed by atoms with Gasteiger partial charge in [-0.3, -0.25) is 0 Å². The number of rotatable bonds is 1. The molecule has 1 N–H and O–H groups in total. The van der Waals surface area contributed by atoms with Crippen molar-refractivity contribution in [3.05, 3.63) is 53.8 Å². The summed E-state index contributed by atoms with van der Waals surface area (Å²) in [5.74, 6) is -1.42. The molecule has 2 rings (SSSR count). The van der Waals surface area contributed by atoms with Gasteiger partial charge >= 0.3 is 6.18 Å². The summed E-state index contributed by atoms with van der Waals surface area (Å²) in [6.07, 6.45) is -4.61.